The number of anilines is 2. The Morgan fingerprint density at radius 2 is 1.88 bits per heavy atom. The number of nitrogens with one attached hydrogen (secondary N) is 1. The van der Waals surface area contributed by atoms with Crippen LogP contribution in [0.2, 0.25) is 0 Å². The largest absolute Gasteiger partial charge is 0.464 e. The number of nitrogens with zero attached hydrogens (tertiary/aromatic N) is 1. The molecular formula is C19H20N2O3S2. The summed E-state index contributed by atoms with van der Waals surface area (Å²) in [6, 6.07) is 14.5. The Bertz CT molecular complexity index is 922. The molecule has 1 aliphatic heterocycles. The molecule has 0 radical (unpaired) electrons. The molecule has 2 aromatic carbocycles. The van der Waals surface area contributed by atoms with Crippen molar-refractivity contribution >= 4 is 51.0 Å². The van der Waals surface area contributed by atoms with Gasteiger partial charge in [0, 0.05) is 28.9 Å². The maximum atomic E-state index is 12.3. The van der Waals surface area contributed by atoms with Crippen LogP contribution in [0.3, 0.4) is 0 Å². The topological polar surface area (TPSA) is 62.6 Å². The smallest absolute Gasteiger partial charge is 0.255 e. The van der Waals surface area contributed by atoms with Crippen LogP contribution >= 0.6 is 11.8 Å². The number of thioether (sulfide) groups is 1. The Morgan fingerprint density at radius 1 is 1.15 bits per heavy atom. The Morgan fingerprint density at radius 3 is 2.50 bits per heavy atom. The van der Waals surface area contributed by atoms with E-state index in [1.54, 1.807) is 36.2 Å². The van der Waals surface area contributed by atoms with Crippen LogP contribution in [0.1, 0.15) is 10.4 Å². The summed E-state index contributed by atoms with van der Waals surface area (Å²) in [5.74, 6) is 0.530. The highest BCUT2D eigenvalue weighted by atomic mass is 32.2. The number of rotatable bonds is 3. The highest BCUT2D eigenvalue weighted by molar-refractivity contribution is 7.97. The van der Waals surface area contributed by atoms with Gasteiger partial charge in [-0.3, -0.25) is 9.10 Å². The minimum atomic E-state index is -0.915. The van der Waals surface area contributed by atoms with E-state index < -0.39 is 11.0 Å². The van der Waals surface area contributed by atoms with E-state index in [-0.39, 0.29) is 5.91 Å². The minimum absolute atomic E-state index is 0.177. The number of hydrogen-bond acceptors (Lipinski definition) is 4. The van der Waals surface area contributed by atoms with Gasteiger partial charge in [0.15, 0.2) is 0 Å². The lowest BCUT2D eigenvalue weighted by atomic mass is 10.1. The molecule has 1 unspecified atom stereocenters. The average Bonchev–Trinajstić information content (AvgIpc) is 3.09. The van der Waals surface area contributed by atoms with Crippen molar-refractivity contribution in [1.82, 2.24) is 0 Å². The third-order valence-electron chi connectivity index (χ3n) is 3.84. The summed E-state index contributed by atoms with van der Waals surface area (Å²) in [6.07, 6.45) is 5.70. The van der Waals surface area contributed by atoms with Crippen LogP contribution in [0.5, 0.6) is 0 Å². The van der Waals surface area contributed by atoms with Gasteiger partial charge in [0.05, 0.1) is 12.0 Å². The Balaban J connectivity index is 0.000000613. The molecule has 3 aromatic rings. The van der Waals surface area contributed by atoms with Crippen LogP contribution in [0, 0.1) is 0 Å². The third-order valence-corrected chi connectivity index (χ3v) is 5.26. The first-order valence-corrected chi connectivity index (χ1v) is 11.0. The summed E-state index contributed by atoms with van der Waals surface area (Å²) in [6.45, 7) is 0.795. The van der Waals surface area contributed by atoms with Crippen LogP contribution < -0.4 is 9.62 Å². The molecule has 1 aliphatic rings. The highest BCUT2D eigenvalue weighted by Crippen LogP contribution is 2.23. The van der Waals surface area contributed by atoms with Gasteiger partial charge >= 0.3 is 0 Å². The van der Waals surface area contributed by atoms with E-state index in [9.17, 15) is 9.00 Å². The van der Waals surface area contributed by atoms with E-state index in [1.807, 2.05) is 47.1 Å². The molecule has 26 heavy (non-hydrogen) atoms. The molecule has 1 amide bonds. The van der Waals surface area contributed by atoms with Crippen LogP contribution in [0.15, 0.2) is 59.2 Å². The molecule has 2 heterocycles. The fraction of sp³-hybridized carbons (Fsp3) is 0.211. The molecule has 0 aliphatic carbocycles. The van der Waals surface area contributed by atoms with E-state index in [0.717, 1.165) is 28.9 Å². The van der Waals surface area contributed by atoms with E-state index in [0.29, 0.717) is 11.3 Å². The van der Waals surface area contributed by atoms with Crippen LogP contribution in [-0.2, 0) is 11.0 Å². The van der Waals surface area contributed by atoms with Crippen LogP contribution in [-0.4, -0.2) is 34.9 Å². The van der Waals surface area contributed by atoms with Crippen molar-refractivity contribution in [2.24, 2.45) is 0 Å². The Hall–Kier alpha value is -2.25. The SMILES string of the molecule is CSC.O=C(Nc1ccc2occc2c1)c1ccc(N2CCS2=O)cc1. The lowest BCUT2D eigenvalue weighted by Crippen LogP contribution is -2.42. The first kappa shape index (κ1) is 18.5. The molecule has 0 spiro atoms. The molecule has 136 valence electrons. The van der Waals surface area contributed by atoms with Crippen molar-refractivity contribution in [3.63, 3.8) is 0 Å². The van der Waals surface area contributed by atoms with Gasteiger partial charge in [-0.15, -0.1) is 0 Å². The second kappa shape index (κ2) is 8.42. The molecule has 1 N–H and O–H groups in total. The van der Waals surface area contributed by atoms with Crippen molar-refractivity contribution in [2.75, 3.05) is 34.4 Å². The van der Waals surface area contributed by atoms with Gasteiger partial charge in [0.1, 0.15) is 16.6 Å². The van der Waals surface area contributed by atoms with Crippen LogP contribution in [0.25, 0.3) is 11.0 Å². The monoisotopic (exact) mass is 388 g/mol. The zero-order valence-corrected chi connectivity index (χ0v) is 16.2. The highest BCUT2D eigenvalue weighted by Gasteiger charge is 2.23. The maximum Gasteiger partial charge on any atom is 0.255 e. The average molecular weight is 389 g/mol. The Labute approximate surface area is 159 Å². The first-order chi connectivity index (χ1) is 12.6. The molecule has 1 aromatic heterocycles. The molecule has 5 nitrogen and oxygen atoms in total. The minimum Gasteiger partial charge on any atom is -0.464 e. The summed E-state index contributed by atoms with van der Waals surface area (Å²) in [5.41, 5.74) is 2.95. The normalized spacial score (nSPS) is 15.8. The summed E-state index contributed by atoms with van der Waals surface area (Å²) < 4.78 is 18.6. The molecule has 1 saturated heterocycles. The molecule has 4 rings (SSSR count). The molecular weight excluding hydrogens is 368 g/mol. The Kier molecular flexibility index (Phi) is 6.00. The molecule has 0 bridgehead atoms. The van der Waals surface area contributed by atoms with Crippen molar-refractivity contribution in [2.45, 2.75) is 0 Å². The van der Waals surface area contributed by atoms with Crippen molar-refractivity contribution < 1.29 is 13.4 Å². The summed E-state index contributed by atoms with van der Waals surface area (Å²) in [7, 11) is -0.915. The quantitative estimate of drug-likeness (QED) is 0.732. The standard InChI is InChI=1S/C17H14N2O3S.C2H6S/c20-17(18-14-3-6-16-13(11-14)7-9-22-16)12-1-4-15(5-2-12)19-8-10-23(19)21;1-3-2/h1-7,9,11H,8,10H2,(H,18,20);1-2H3. The van der Waals surface area contributed by atoms with Gasteiger partial charge in [-0.05, 0) is 61.0 Å². The number of carbonyl (C=O) groups excluding carboxylic acids is 1. The van der Waals surface area contributed by atoms with Crippen LogP contribution in [0.4, 0.5) is 11.4 Å². The van der Waals surface area contributed by atoms with Gasteiger partial charge in [-0.2, -0.15) is 11.8 Å². The number of hydrogen-bond donors (Lipinski definition) is 1. The summed E-state index contributed by atoms with van der Waals surface area (Å²) in [4.78, 5) is 12.3. The number of amides is 1. The van der Waals surface area contributed by atoms with Crippen molar-refractivity contribution in [3.8, 4) is 0 Å². The van der Waals surface area contributed by atoms with Gasteiger partial charge in [-0.25, -0.2) is 4.21 Å². The van der Waals surface area contributed by atoms with Crippen molar-refractivity contribution in [3.05, 3.63) is 60.4 Å². The van der Waals surface area contributed by atoms with Gasteiger partial charge in [0.25, 0.3) is 5.91 Å². The van der Waals surface area contributed by atoms with E-state index in [1.165, 1.54) is 0 Å². The number of carbonyl (C=O) groups is 1. The number of furan rings is 1. The summed E-state index contributed by atoms with van der Waals surface area (Å²) in [5, 5.41) is 3.81. The number of fused-ring (bicyclic) bond motifs is 1. The molecule has 1 fully saturated rings. The van der Waals surface area contributed by atoms with E-state index >= 15 is 0 Å². The second-order valence-corrected chi connectivity index (χ2v) is 8.02. The molecule has 0 saturated carbocycles. The number of benzene rings is 2. The van der Waals surface area contributed by atoms with Gasteiger partial charge in [-0.1, -0.05) is 0 Å². The predicted molar refractivity (Wildman–Crippen MR) is 110 cm³/mol. The predicted octanol–water partition coefficient (Wildman–Crippen LogP) is 4.15. The molecule has 7 heteroatoms. The zero-order valence-electron chi connectivity index (χ0n) is 14.6. The van der Waals surface area contributed by atoms with Gasteiger partial charge < -0.3 is 9.73 Å². The van der Waals surface area contributed by atoms with Crippen molar-refractivity contribution in [1.29, 1.82) is 0 Å². The first-order valence-electron chi connectivity index (χ1n) is 8.07. The lowest BCUT2D eigenvalue weighted by Gasteiger charge is -2.31. The second-order valence-electron chi connectivity index (χ2n) is 5.71. The zero-order chi connectivity index (χ0) is 18.5. The third kappa shape index (κ3) is 4.11. The fourth-order valence-corrected chi connectivity index (χ4v) is 3.40. The molecule has 1 atom stereocenters. The lowest BCUT2D eigenvalue weighted by molar-refractivity contribution is 0.102. The maximum absolute atomic E-state index is 12.3. The fourth-order valence-electron chi connectivity index (χ4n) is 2.53. The van der Waals surface area contributed by atoms with Gasteiger partial charge in [0.2, 0.25) is 0 Å². The van der Waals surface area contributed by atoms with E-state index in [2.05, 4.69) is 5.32 Å². The summed E-state index contributed by atoms with van der Waals surface area (Å²) >= 11 is 1.75. The van der Waals surface area contributed by atoms with E-state index in [4.69, 9.17) is 4.42 Å².